The Morgan fingerprint density at radius 3 is 2.50 bits per heavy atom. The van der Waals surface area contributed by atoms with Crippen molar-refractivity contribution in [1.29, 1.82) is 0 Å². The molecule has 42 heavy (non-hydrogen) atoms. The minimum atomic E-state index is -0.645. The summed E-state index contributed by atoms with van der Waals surface area (Å²) in [4.78, 5) is 16.5. The Kier molecular flexibility index (Phi) is 9.36. The maximum Gasteiger partial charge on any atom is 0.237 e. The van der Waals surface area contributed by atoms with Crippen LogP contribution in [0.15, 0.2) is 0 Å². The summed E-state index contributed by atoms with van der Waals surface area (Å²) in [5, 5.41) is 28.8. The Morgan fingerprint density at radius 2 is 1.81 bits per heavy atom. The van der Waals surface area contributed by atoms with Gasteiger partial charge in [-0.15, -0.1) is 0 Å². The number of fused-ring (bicyclic) bond motifs is 3. The van der Waals surface area contributed by atoms with Gasteiger partial charge in [0.25, 0.3) is 0 Å². The molecule has 0 aromatic heterocycles. The van der Waals surface area contributed by atoms with E-state index in [0.29, 0.717) is 53.5 Å². The molecule has 7 heteroatoms. The first kappa shape index (κ1) is 31.3. The van der Waals surface area contributed by atoms with Gasteiger partial charge >= 0.3 is 0 Å². The normalized spacial score (nSPS) is 47.7. The molecule has 240 valence electrons. The van der Waals surface area contributed by atoms with Crippen LogP contribution in [-0.4, -0.2) is 84.7 Å². The van der Waals surface area contributed by atoms with Crippen molar-refractivity contribution in [2.45, 2.75) is 122 Å². The highest BCUT2D eigenvalue weighted by atomic mass is 16.5. The number of likely N-dealkylation sites (tertiary alicyclic amines) is 1. The first-order valence-corrected chi connectivity index (χ1v) is 17.7. The van der Waals surface area contributed by atoms with E-state index in [1.165, 1.54) is 51.4 Å². The van der Waals surface area contributed by atoms with E-state index in [0.717, 1.165) is 31.8 Å². The van der Waals surface area contributed by atoms with Crippen LogP contribution in [0.4, 0.5) is 0 Å². The molecule has 5 aliphatic carbocycles. The highest BCUT2D eigenvalue weighted by Crippen LogP contribution is 2.61. The lowest BCUT2D eigenvalue weighted by molar-refractivity contribution is -0.140. The first-order chi connectivity index (χ1) is 20.1. The molecule has 2 bridgehead atoms. The lowest BCUT2D eigenvalue weighted by atomic mass is 9.45. The van der Waals surface area contributed by atoms with E-state index in [2.05, 4.69) is 36.3 Å². The number of nitrogens with one attached hydrogen (secondary N) is 2. The summed E-state index contributed by atoms with van der Waals surface area (Å²) in [6, 6.07) is 0.427. The lowest BCUT2D eigenvalue weighted by Crippen LogP contribution is -2.62. The van der Waals surface area contributed by atoms with E-state index in [9.17, 15) is 15.0 Å². The van der Waals surface area contributed by atoms with Crippen LogP contribution in [0.1, 0.15) is 91.9 Å². The van der Waals surface area contributed by atoms with Crippen molar-refractivity contribution in [2.75, 3.05) is 33.4 Å². The third-order valence-corrected chi connectivity index (χ3v) is 14.0. The number of rotatable bonds is 8. The number of amides is 1. The zero-order valence-corrected chi connectivity index (χ0v) is 27.1. The smallest absolute Gasteiger partial charge is 0.237 e. The molecule has 0 aromatic rings. The Balaban J connectivity index is 1.18. The van der Waals surface area contributed by atoms with Gasteiger partial charge in [-0.1, -0.05) is 33.6 Å². The van der Waals surface area contributed by atoms with Crippen LogP contribution < -0.4 is 10.6 Å². The number of ether oxygens (including phenoxy) is 1. The maximum absolute atomic E-state index is 14.2. The Bertz CT molecular complexity index is 941. The van der Waals surface area contributed by atoms with Gasteiger partial charge in [-0.25, -0.2) is 0 Å². The molecule has 7 fully saturated rings. The van der Waals surface area contributed by atoms with Crippen LogP contribution in [0.3, 0.4) is 0 Å². The van der Waals surface area contributed by atoms with Gasteiger partial charge in [0.1, 0.15) is 0 Å². The average Bonchev–Trinajstić information content (AvgIpc) is 3.36. The standard InChI is InChI=1S/C35H61N3O4/c1-20-28-15-25(35(28,3)4)16-29(20)37-34(41)32-30(21(2)40)24(19-39)18-38(32)17-23-10-7-13-27(33(23)42-5)26-12-6-9-22-11-8-14-36-31(22)26/h20-33,36,39-40H,6-19H2,1-5H3,(H,37,41)/t20-,21-,22?,23?,24-,25+,26?,27?,28-,29-,30-,31?,32?,33?/m0/s1. The van der Waals surface area contributed by atoms with Gasteiger partial charge in [-0.05, 0) is 112 Å². The fourth-order valence-electron chi connectivity index (χ4n) is 11.7. The predicted octanol–water partition coefficient (Wildman–Crippen LogP) is 4.06. The van der Waals surface area contributed by atoms with Gasteiger partial charge in [0.15, 0.2) is 0 Å². The molecular formula is C35H61N3O4. The second-order valence-electron chi connectivity index (χ2n) is 16.3. The lowest BCUT2D eigenvalue weighted by Gasteiger charge is -2.62. The molecule has 14 atom stereocenters. The maximum atomic E-state index is 14.2. The zero-order chi connectivity index (χ0) is 29.8. The van der Waals surface area contributed by atoms with Gasteiger partial charge in [-0.3, -0.25) is 9.69 Å². The van der Waals surface area contributed by atoms with Crippen molar-refractivity contribution in [2.24, 2.45) is 58.7 Å². The molecule has 7 unspecified atom stereocenters. The van der Waals surface area contributed by atoms with Gasteiger partial charge in [-0.2, -0.15) is 0 Å². The number of piperidine rings is 1. The van der Waals surface area contributed by atoms with Crippen molar-refractivity contribution >= 4 is 5.91 Å². The molecule has 4 N–H and O–H groups in total. The number of methoxy groups -OCH3 is 1. The number of hydrogen-bond donors (Lipinski definition) is 4. The van der Waals surface area contributed by atoms with Crippen LogP contribution >= 0.6 is 0 Å². The molecule has 7 nitrogen and oxygen atoms in total. The average molecular weight is 588 g/mol. The van der Waals surface area contributed by atoms with Crippen LogP contribution in [0.25, 0.3) is 0 Å². The molecule has 5 saturated carbocycles. The van der Waals surface area contributed by atoms with Crippen molar-refractivity contribution < 1.29 is 19.7 Å². The highest BCUT2D eigenvalue weighted by molar-refractivity contribution is 5.83. The summed E-state index contributed by atoms with van der Waals surface area (Å²) in [6.07, 6.45) is 12.2. The molecule has 7 aliphatic rings. The molecule has 7 rings (SSSR count). The van der Waals surface area contributed by atoms with E-state index in [1.807, 2.05) is 14.0 Å². The largest absolute Gasteiger partial charge is 0.396 e. The third kappa shape index (κ3) is 5.50. The predicted molar refractivity (Wildman–Crippen MR) is 166 cm³/mol. The minimum absolute atomic E-state index is 0.00578. The van der Waals surface area contributed by atoms with Crippen molar-refractivity contribution in [3.8, 4) is 0 Å². The Hall–Kier alpha value is -0.730. The SMILES string of the molecule is COC1C(CN2C[C@@H](CO)[C@H]([C@H](C)O)C2C(=O)N[C@H]2C[C@H]3C[C@@H]([C@@H]2C)C3(C)C)CCCC1C1CCCC2CCCNC21. The van der Waals surface area contributed by atoms with E-state index in [-0.39, 0.29) is 36.5 Å². The molecule has 2 heterocycles. The molecule has 0 spiro atoms. The Morgan fingerprint density at radius 1 is 1.07 bits per heavy atom. The van der Waals surface area contributed by atoms with Crippen molar-refractivity contribution in [3.63, 3.8) is 0 Å². The van der Waals surface area contributed by atoms with Crippen LogP contribution in [0.5, 0.6) is 0 Å². The van der Waals surface area contributed by atoms with Gasteiger partial charge in [0, 0.05) is 50.7 Å². The highest BCUT2D eigenvalue weighted by Gasteiger charge is 2.57. The zero-order valence-electron chi connectivity index (χ0n) is 27.1. The molecule has 1 amide bonds. The summed E-state index contributed by atoms with van der Waals surface area (Å²) in [5.41, 5.74) is 0.377. The third-order valence-electron chi connectivity index (χ3n) is 14.0. The van der Waals surface area contributed by atoms with Crippen LogP contribution in [0, 0.1) is 58.7 Å². The van der Waals surface area contributed by atoms with E-state index >= 15 is 0 Å². The van der Waals surface area contributed by atoms with Crippen LogP contribution in [0.2, 0.25) is 0 Å². The quantitative estimate of drug-likeness (QED) is 0.342. The van der Waals surface area contributed by atoms with Gasteiger partial charge in [0.2, 0.25) is 5.91 Å². The summed E-state index contributed by atoms with van der Waals surface area (Å²) in [6.45, 7) is 11.6. The number of carbonyl (C=O) groups is 1. The van der Waals surface area contributed by atoms with E-state index < -0.39 is 12.1 Å². The van der Waals surface area contributed by atoms with Crippen molar-refractivity contribution in [3.05, 3.63) is 0 Å². The topological polar surface area (TPSA) is 94.1 Å². The fraction of sp³-hybridized carbons (Fsp3) is 0.971. The van der Waals surface area contributed by atoms with Gasteiger partial charge < -0.3 is 25.6 Å². The summed E-state index contributed by atoms with van der Waals surface area (Å²) in [5.74, 6) is 3.94. The molecule has 0 radical (unpaired) electrons. The number of nitrogens with zero attached hydrogens (tertiary/aromatic N) is 1. The molecule has 2 aliphatic heterocycles. The second-order valence-corrected chi connectivity index (χ2v) is 16.3. The number of carbonyl (C=O) groups excluding carboxylic acids is 1. The second kappa shape index (κ2) is 12.6. The Labute approximate surface area is 255 Å². The fourth-order valence-corrected chi connectivity index (χ4v) is 11.7. The van der Waals surface area contributed by atoms with Crippen LogP contribution in [-0.2, 0) is 9.53 Å². The molecular weight excluding hydrogens is 526 g/mol. The molecule has 0 aromatic carbocycles. The monoisotopic (exact) mass is 587 g/mol. The van der Waals surface area contributed by atoms with E-state index in [4.69, 9.17) is 4.74 Å². The van der Waals surface area contributed by atoms with Gasteiger partial charge in [0.05, 0.1) is 18.2 Å². The molecule has 2 saturated heterocycles. The number of aliphatic hydroxyl groups excluding tert-OH is 2. The first-order valence-electron chi connectivity index (χ1n) is 17.7. The summed E-state index contributed by atoms with van der Waals surface area (Å²) < 4.78 is 6.40. The minimum Gasteiger partial charge on any atom is -0.396 e. The summed E-state index contributed by atoms with van der Waals surface area (Å²) in [7, 11) is 1.91. The number of aliphatic hydroxyl groups is 2. The van der Waals surface area contributed by atoms with Crippen molar-refractivity contribution in [1.82, 2.24) is 15.5 Å². The summed E-state index contributed by atoms with van der Waals surface area (Å²) >= 11 is 0. The van der Waals surface area contributed by atoms with E-state index in [1.54, 1.807) is 0 Å². The number of hydrogen-bond acceptors (Lipinski definition) is 6.